The quantitative estimate of drug-likeness (QED) is 0.830. The zero-order chi connectivity index (χ0) is 13.0. The number of nitrogens with two attached hydrogens (primary N) is 1. The zero-order valence-corrected chi connectivity index (χ0v) is 9.94. The molecule has 3 nitrogen and oxygen atoms in total. The van der Waals surface area contributed by atoms with Gasteiger partial charge in [0.25, 0.3) is 0 Å². The average Bonchev–Trinajstić information content (AvgIpc) is 2.81. The van der Waals surface area contributed by atoms with Crippen LogP contribution < -0.4 is 5.73 Å². The van der Waals surface area contributed by atoms with E-state index < -0.39 is 11.6 Å². The van der Waals surface area contributed by atoms with Gasteiger partial charge in [0, 0.05) is 24.5 Å². The highest BCUT2D eigenvalue weighted by Crippen LogP contribution is 2.20. The Kier molecular flexibility index (Phi) is 4.04. The highest BCUT2D eigenvalue weighted by Gasteiger charge is 2.09. The molecule has 2 aromatic rings. The van der Waals surface area contributed by atoms with Crippen molar-refractivity contribution in [1.82, 2.24) is 9.55 Å². The van der Waals surface area contributed by atoms with E-state index in [0.717, 1.165) is 31.5 Å². The van der Waals surface area contributed by atoms with Crippen molar-refractivity contribution in [1.29, 1.82) is 0 Å². The summed E-state index contributed by atoms with van der Waals surface area (Å²) in [6, 6.07) is 3.81. The lowest BCUT2D eigenvalue weighted by Crippen LogP contribution is -2.04. The third-order valence-corrected chi connectivity index (χ3v) is 2.75. The van der Waals surface area contributed by atoms with Crippen LogP contribution in [0.1, 0.15) is 12.8 Å². The summed E-state index contributed by atoms with van der Waals surface area (Å²) in [5, 5.41) is 0. The van der Waals surface area contributed by atoms with Crippen LogP contribution in [0.2, 0.25) is 0 Å². The molecule has 1 heterocycles. The molecule has 0 aliphatic rings. The number of aromatic nitrogens is 2. The fourth-order valence-corrected chi connectivity index (χ4v) is 1.81. The van der Waals surface area contributed by atoms with Crippen LogP contribution in [0.4, 0.5) is 8.78 Å². The van der Waals surface area contributed by atoms with Crippen molar-refractivity contribution in [2.45, 2.75) is 19.4 Å². The number of unbranched alkanes of at least 4 members (excludes halogenated alkanes) is 1. The van der Waals surface area contributed by atoms with Crippen molar-refractivity contribution in [2.24, 2.45) is 5.73 Å². The van der Waals surface area contributed by atoms with Crippen LogP contribution in [0.15, 0.2) is 30.6 Å². The Morgan fingerprint density at radius 1 is 1.17 bits per heavy atom. The third-order valence-electron chi connectivity index (χ3n) is 2.75. The monoisotopic (exact) mass is 251 g/mol. The lowest BCUT2D eigenvalue weighted by atomic mass is 10.2. The van der Waals surface area contributed by atoms with Gasteiger partial charge in [0.2, 0.25) is 0 Å². The Morgan fingerprint density at radius 2 is 2.00 bits per heavy atom. The number of rotatable bonds is 5. The average molecular weight is 251 g/mol. The van der Waals surface area contributed by atoms with Crippen LogP contribution >= 0.6 is 0 Å². The second kappa shape index (κ2) is 5.73. The van der Waals surface area contributed by atoms with Crippen molar-refractivity contribution in [3.63, 3.8) is 0 Å². The van der Waals surface area contributed by atoms with Crippen LogP contribution in [0.5, 0.6) is 0 Å². The van der Waals surface area contributed by atoms with Crippen LogP contribution in [-0.4, -0.2) is 16.1 Å². The van der Waals surface area contributed by atoms with E-state index in [1.54, 1.807) is 6.20 Å². The Morgan fingerprint density at radius 3 is 2.72 bits per heavy atom. The largest absolute Gasteiger partial charge is 0.331 e. The molecule has 0 saturated heterocycles. The maximum Gasteiger partial charge on any atom is 0.159 e. The molecule has 96 valence electrons. The second-order valence-electron chi connectivity index (χ2n) is 4.07. The second-order valence-corrected chi connectivity index (χ2v) is 4.07. The summed E-state index contributed by atoms with van der Waals surface area (Å²) in [4.78, 5) is 4.18. The normalized spacial score (nSPS) is 10.8. The molecule has 1 aromatic heterocycles. The first-order valence-electron chi connectivity index (χ1n) is 5.89. The Hall–Kier alpha value is -1.75. The van der Waals surface area contributed by atoms with E-state index in [1.165, 1.54) is 6.07 Å². The van der Waals surface area contributed by atoms with E-state index in [-0.39, 0.29) is 0 Å². The van der Waals surface area contributed by atoms with Crippen molar-refractivity contribution < 1.29 is 8.78 Å². The van der Waals surface area contributed by atoms with E-state index in [4.69, 9.17) is 5.73 Å². The number of imidazole rings is 1. The molecule has 0 saturated carbocycles. The molecule has 5 heteroatoms. The standard InChI is InChI=1S/C13H15F2N3/c14-11-4-3-10(9-12(11)15)13-17-6-8-18(13)7-2-1-5-16/h3-4,6,8-9H,1-2,5,7,16H2. The minimum atomic E-state index is -0.857. The van der Waals surface area contributed by atoms with Gasteiger partial charge in [-0.15, -0.1) is 0 Å². The number of halogens is 2. The Balaban J connectivity index is 2.22. The van der Waals surface area contributed by atoms with E-state index in [1.807, 2.05) is 10.8 Å². The smallest absolute Gasteiger partial charge is 0.159 e. The number of hydrogen-bond acceptors (Lipinski definition) is 2. The Labute approximate surface area is 104 Å². The summed E-state index contributed by atoms with van der Waals surface area (Å²) in [6.45, 7) is 1.42. The van der Waals surface area contributed by atoms with Crippen LogP contribution in [0, 0.1) is 11.6 Å². The number of hydrogen-bond donors (Lipinski definition) is 1. The Bertz CT molecular complexity index is 523. The van der Waals surface area contributed by atoms with Crippen LogP contribution in [0.3, 0.4) is 0 Å². The van der Waals surface area contributed by atoms with Gasteiger partial charge in [-0.25, -0.2) is 13.8 Å². The van der Waals surface area contributed by atoms with Gasteiger partial charge in [0.1, 0.15) is 5.82 Å². The first-order valence-corrected chi connectivity index (χ1v) is 5.89. The first kappa shape index (κ1) is 12.7. The molecule has 18 heavy (non-hydrogen) atoms. The summed E-state index contributed by atoms with van der Waals surface area (Å²) in [5.41, 5.74) is 6.01. The predicted molar refractivity (Wildman–Crippen MR) is 65.9 cm³/mol. The fraction of sp³-hybridized carbons (Fsp3) is 0.308. The molecule has 0 unspecified atom stereocenters. The lowest BCUT2D eigenvalue weighted by molar-refractivity contribution is 0.509. The van der Waals surface area contributed by atoms with Crippen LogP contribution in [-0.2, 0) is 6.54 Å². The van der Waals surface area contributed by atoms with Crippen molar-refractivity contribution in [2.75, 3.05) is 6.54 Å². The fourth-order valence-electron chi connectivity index (χ4n) is 1.81. The SMILES string of the molecule is NCCCCn1ccnc1-c1ccc(F)c(F)c1. The van der Waals surface area contributed by atoms with Gasteiger partial charge >= 0.3 is 0 Å². The molecule has 0 aliphatic heterocycles. The molecule has 0 radical (unpaired) electrons. The highest BCUT2D eigenvalue weighted by atomic mass is 19.2. The molecule has 1 aromatic carbocycles. The highest BCUT2D eigenvalue weighted by molar-refractivity contribution is 5.55. The topological polar surface area (TPSA) is 43.8 Å². The van der Waals surface area contributed by atoms with E-state index in [2.05, 4.69) is 4.98 Å². The summed E-state index contributed by atoms with van der Waals surface area (Å²) in [7, 11) is 0. The molecular weight excluding hydrogens is 236 g/mol. The van der Waals surface area contributed by atoms with Gasteiger partial charge in [-0.05, 0) is 37.6 Å². The summed E-state index contributed by atoms with van der Waals surface area (Å²) in [5.74, 6) is -1.06. The van der Waals surface area contributed by atoms with Gasteiger partial charge in [-0.3, -0.25) is 0 Å². The van der Waals surface area contributed by atoms with Gasteiger partial charge in [-0.1, -0.05) is 0 Å². The number of benzene rings is 1. The van der Waals surface area contributed by atoms with Crippen molar-refractivity contribution in [3.05, 3.63) is 42.2 Å². The van der Waals surface area contributed by atoms with E-state index in [9.17, 15) is 8.78 Å². The molecule has 0 atom stereocenters. The van der Waals surface area contributed by atoms with Crippen molar-refractivity contribution in [3.8, 4) is 11.4 Å². The molecule has 0 amide bonds. The number of aryl methyl sites for hydroxylation is 1. The molecule has 0 spiro atoms. The maximum atomic E-state index is 13.2. The molecule has 0 bridgehead atoms. The van der Waals surface area contributed by atoms with E-state index in [0.29, 0.717) is 17.9 Å². The minimum absolute atomic E-state index is 0.576. The summed E-state index contributed by atoms with van der Waals surface area (Å²) in [6.07, 6.45) is 5.34. The molecular formula is C13H15F2N3. The summed E-state index contributed by atoms with van der Waals surface area (Å²) >= 11 is 0. The van der Waals surface area contributed by atoms with Crippen LogP contribution in [0.25, 0.3) is 11.4 Å². The molecule has 2 N–H and O–H groups in total. The van der Waals surface area contributed by atoms with Gasteiger partial charge in [-0.2, -0.15) is 0 Å². The minimum Gasteiger partial charge on any atom is -0.331 e. The maximum absolute atomic E-state index is 13.2. The van der Waals surface area contributed by atoms with Crippen molar-refractivity contribution >= 4 is 0 Å². The van der Waals surface area contributed by atoms with Gasteiger partial charge < -0.3 is 10.3 Å². The van der Waals surface area contributed by atoms with Gasteiger partial charge in [0.15, 0.2) is 11.6 Å². The first-order chi connectivity index (χ1) is 8.72. The third kappa shape index (κ3) is 2.73. The molecule has 2 rings (SSSR count). The molecule has 0 fully saturated rings. The lowest BCUT2D eigenvalue weighted by Gasteiger charge is -2.07. The van der Waals surface area contributed by atoms with E-state index >= 15 is 0 Å². The zero-order valence-electron chi connectivity index (χ0n) is 9.94. The van der Waals surface area contributed by atoms with Gasteiger partial charge in [0.05, 0.1) is 0 Å². The predicted octanol–water partition coefficient (Wildman–Crippen LogP) is 2.57. The number of nitrogens with zero attached hydrogens (tertiary/aromatic N) is 2. The molecule has 0 aliphatic carbocycles. The summed E-state index contributed by atoms with van der Waals surface area (Å²) < 4.78 is 28.0.